The molecule has 1 fully saturated rings. The number of amides is 2. The number of hydrogen-bond donors (Lipinski definition) is 2. The lowest BCUT2D eigenvalue weighted by Crippen LogP contribution is -2.37. The fourth-order valence-electron chi connectivity index (χ4n) is 3.52. The van der Waals surface area contributed by atoms with Crippen LogP contribution < -0.4 is 25.4 Å². The van der Waals surface area contributed by atoms with Crippen LogP contribution in [0.1, 0.15) is 12.0 Å². The van der Waals surface area contributed by atoms with E-state index in [1.165, 1.54) is 0 Å². The Bertz CT molecular complexity index is 882. The van der Waals surface area contributed by atoms with Gasteiger partial charge in [0, 0.05) is 30.5 Å². The van der Waals surface area contributed by atoms with Crippen LogP contribution in [0.2, 0.25) is 0 Å². The van der Waals surface area contributed by atoms with Crippen molar-refractivity contribution in [1.29, 1.82) is 0 Å². The van der Waals surface area contributed by atoms with Crippen molar-refractivity contribution in [1.82, 2.24) is 5.32 Å². The molecule has 7 heteroatoms. The molecule has 1 unspecified atom stereocenters. The van der Waals surface area contributed by atoms with E-state index in [0.29, 0.717) is 56.3 Å². The zero-order chi connectivity index (χ0) is 19.5. The normalized spacial score (nSPS) is 18.2. The smallest absolute Gasteiger partial charge is 0.239 e. The molecule has 4 rings (SSSR count). The van der Waals surface area contributed by atoms with Crippen molar-refractivity contribution in [3.63, 3.8) is 0 Å². The van der Waals surface area contributed by atoms with E-state index in [1.54, 1.807) is 17.0 Å². The molecule has 7 nitrogen and oxygen atoms in total. The number of fused-ring (bicyclic) bond motifs is 1. The number of nitrogens with two attached hydrogens (primary N) is 1. The predicted octanol–water partition coefficient (Wildman–Crippen LogP) is 1.75. The fraction of sp³-hybridized carbons (Fsp3) is 0.333. The highest BCUT2D eigenvalue weighted by molar-refractivity contribution is 6.09. The molecule has 0 spiro atoms. The number of nitrogen functional groups attached to an aromatic ring is 1. The Morgan fingerprint density at radius 3 is 2.64 bits per heavy atom. The molecular weight excluding hydrogens is 358 g/mol. The van der Waals surface area contributed by atoms with Crippen LogP contribution in [0.15, 0.2) is 42.5 Å². The Balaban J connectivity index is 1.34. The van der Waals surface area contributed by atoms with E-state index >= 15 is 0 Å². The standard InChI is InChI=1S/C21H23N3O4/c22-15-3-1-14(2-4-15)7-9-23-20(25)17-8-10-24(21(17)26)16-5-6-18-19(13-16)28-12-11-27-18/h1-6,13,17H,7-12,22H2,(H,23,25). The van der Waals surface area contributed by atoms with Crippen LogP contribution in [0.3, 0.4) is 0 Å². The van der Waals surface area contributed by atoms with Gasteiger partial charge < -0.3 is 25.4 Å². The van der Waals surface area contributed by atoms with Gasteiger partial charge in [0.05, 0.1) is 0 Å². The lowest BCUT2D eigenvalue weighted by molar-refractivity contribution is -0.132. The van der Waals surface area contributed by atoms with Gasteiger partial charge in [0.25, 0.3) is 0 Å². The first-order valence-electron chi connectivity index (χ1n) is 9.45. The Labute approximate surface area is 163 Å². The Morgan fingerprint density at radius 2 is 1.86 bits per heavy atom. The van der Waals surface area contributed by atoms with E-state index < -0.39 is 5.92 Å². The van der Waals surface area contributed by atoms with Crippen molar-refractivity contribution in [2.24, 2.45) is 5.92 Å². The molecule has 1 saturated heterocycles. The number of anilines is 2. The van der Waals surface area contributed by atoms with E-state index in [2.05, 4.69) is 5.32 Å². The van der Waals surface area contributed by atoms with Crippen molar-refractivity contribution in [3.8, 4) is 11.5 Å². The van der Waals surface area contributed by atoms with Crippen LogP contribution >= 0.6 is 0 Å². The van der Waals surface area contributed by atoms with Gasteiger partial charge in [-0.1, -0.05) is 12.1 Å². The van der Waals surface area contributed by atoms with Crippen molar-refractivity contribution >= 4 is 23.2 Å². The van der Waals surface area contributed by atoms with E-state index in [4.69, 9.17) is 15.2 Å². The SMILES string of the molecule is Nc1ccc(CCNC(=O)C2CCN(c3ccc4c(c3)OCCO4)C2=O)cc1. The number of nitrogens with one attached hydrogen (secondary N) is 1. The summed E-state index contributed by atoms with van der Waals surface area (Å²) in [5.74, 6) is 0.258. The molecule has 3 N–H and O–H groups in total. The maximum Gasteiger partial charge on any atom is 0.239 e. The van der Waals surface area contributed by atoms with Crippen molar-refractivity contribution in [3.05, 3.63) is 48.0 Å². The molecule has 0 radical (unpaired) electrons. The molecule has 0 aliphatic carbocycles. The summed E-state index contributed by atoms with van der Waals surface area (Å²) in [6, 6.07) is 13.0. The largest absolute Gasteiger partial charge is 0.486 e. The highest BCUT2D eigenvalue weighted by Gasteiger charge is 2.37. The molecule has 2 amide bonds. The maximum absolute atomic E-state index is 12.8. The second-order valence-corrected chi connectivity index (χ2v) is 6.94. The third-order valence-electron chi connectivity index (χ3n) is 5.05. The molecule has 2 aromatic rings. The zero-order valence-electron chi connectivity index (χ0n) is 15.5. The summed E-state index contributed by atoms with van der Waals surface area (Å²) in [5.41, 5.74) is 8.20. The van der Waals surface area contributed by atoms with Crippen LogP contribution in [-0.2, 0) is 16.0 Å². The number of ether oxygens (including phenoxy) is 2. The number of hydrogen-bond acceptors (Lipinski definition) is 5. The van der Waals surface area contributed by atoms with Crippen LogP contribution in [0.4, 0.5) is 11.4 Å². The molecule has 0 aromatic heterocycles. The van der Waals surface area contributed by atoms with Crippen molar-refractivity contribution in [2.45, 2.75) is 12.8 Å². The summed E-state index contributed by atoms with van der Waals surface area (Å²) in [5, 5.41) is 2.88. The van der Waals surface area contributed by atoms with E-state index in [-0.39, 0.29) is 11.8 Å². The van der Waals surface area contributed by atoms with Crippen LogP contribution in [0, 0.1) is 5.92 Å². The van der Waals surface area contributed by atoms with Crippen LogP contribution in [0.25, 0.3) is 0 Å². The van der Waals surface area contributed by atoms with Gasteiger partial charge in [0.15, 0.2) is 11.5 Å². The van der Waals surface area contributed by atoms with Gasteiger partial charge in [-0.15, -0.1) is 0 Å². The van der Waals surface area contributed by atoms with Crippen LogP contribution in [-0.4, -0.2) is 38.1 Å². The van der Waals surface area contributed by atoms with E-state index in [9.17, 15) is 9.59 Å². The van der Waals surface area contributed by atoms with Gasteiger partial charge >= 0.3 is 0 Å². The second-order valence-electron chi connectivity index (χ2n) is 6.94. The molecule has 28 heavy (non-hydrogen) atoms. The minimum atomic E-state index is -0.653. The highest BCUT2D eigenvalue weighted by Crippen LogP contribution is 2.36. The fourth-order valence-corrected chi connectivity index (χ4v) is 3.52. The molecule has 2 aliphatic heterocycles. The number of benzene rings is 2. The average molecular weight is 381 g/mol. The summed E-state index contributed by atoms with van der Waals surface area (Å²) in [6.45, 7) is 2.00. The molecule has 146 valence electrons. The van der Waals surface area contributed by atoms with Gasteiger partial charge in [0.2, 0.25) is 11.8 Å². The van der Waals surface area contributed by atoms with E-state index in [0.717, 1.165) is 11.3 Å². The average Bonchev–Trinajstić information content (AvgIpc) is 3.10. The monoisotopic (exact) mass is 381 g/mol. The van der Waals surface area contributed by atoms with Gasteiger partial charge in [-0.25, -0.2) is 0 Å². The Morgan fingerprint density at radius 1 is 1.11 bits per heavy atom. The molecule has 2 aromatic carbocycles. The topological polar surface area (TPSA) is 93.9 Å². The first kappa shape index (κ1) is 18.2. The molecular formula is C21H23N3O4. The summed E-state index contributed by atoms with van der Waals surface area (Å²) in [7, 11) is 0. The van der Waals surface area contributed by atoms with Gasteiger partial charge in [-0.2, -0.15) is 0 Å². The first-order valence-corrected chi connectivity index (χ1v) is 9.45. The van der Waals surface area contributed by atoms with Gasteiger partial charge in [0.1, 0.15) is 19.1 Å². The zero-order valence-corrected chi connectivity index (χ0v) is 15.5. The van der Waals surface area contributed by atoms with Gasteiger partial charge in [-0.05, 0) is 42.7 Å². The highest BCUT2D eigenvalue weighted by atomic mass is 16.6. The van der Waals surface area contributed by atoms with Crippen molar-refractivity contribution in [2.75, 3.05) is 36.9 Å². The summed E-state index contributed by atoms with van der Waals surface area (Å²) in [6.07, 6.45) is 1.19. The minimum absolute atomic E-state index is 0.179. The van der Waals surface area contributed by atoms with Crippen LogP contribution in [0.5, 0.6) is 11.5 Å². The number of carbonyl (C=O) groups is 2. The molecule has 0 bridgehead atoms. The predicted molar refractivity (Wildman–Crippen MR) is 105 cm³/mol. The quantitative estimate of drug-likeness (QED) is 0.608. The third-order valence-corrected chi connectivity index (χ3v) is 5.05. The molecule has 1 atom stereocenters. The molecule has 0 saturated carbocycles. The Hall–Kier alpha value is -3.22. The lowest BCUT2D eigenvalue weighted by Gasteiger charge is -2.22. The molecule has 2 heterocycles. The number of carbonyl (C=O) groups excluding carboxylic acids is 2. The van der Waals surface area contributed by atoms with E-state index in [1.807, 2.05) is 30.3 Å². The van der Waals surface area contributed by atoms with Gasteiger partial charge in [-0.3, -0.25) is 9.59 Å². The Kier molecular flexibility index (Phi) is 5.06. The number of nitrogens with zero attached hydrogens (tertiary/aromatic N) is 1. The lowest BCUT2D eigenvalue weighted by atomic mass is 10.1. The minimum Gasteiger partial charge on any atom is -0.486 e. The summed E-state index contributed by atoms with van der Waals surface area (Å²) >= 11 is 0. The first-order chi connectivity index (χ1) is 13.6. The summed E-state index contributed by atoms with van der Waals surface area (Å²) < 4.78 is 11.1. The third kappa shape index (κ3) is 3.74. The number of rotatable bonds is 5. The summed E-state index contributed by atoms with van der Waals surface area (Å²) in [4.78, 5) is 26.9. The van der Waals surface area contributed by atoms with Crippen molar-refractivity contribution < 1.29 is 19.1 Å². The second kappa shape index (κ2) is 7.80. The molecule has 2 aliphatic rings. The maximum atomic E-state index is 12.8.